The zero-order valence-corrected chi connectivity index (χ0v) is 16.4. The van der Waals surface area contributed by atoms with Gasteiger partial charge in [-0.3, -0.25) is 0 Å². The molecule has 8 heteroatoms. The summed E-state index contributed by atoms with van der Waals surface area (Å²) in [6.07, 6.45) is 6.93. The highest BCUT2D eigenvalue weighted by atomic mass is 16.5. The Hall–Kier alpha value is -2.87. The van der Waals surface area contributed by atoms with E-state index >= 15 is 0 Å². The van der Waals surface area contributed by atoms with Crippen LogP contribution in [0.1, 0.15) is 25.0 Å². The van der Waals surface area contributed by atoms with E-state index in [0.29, 0.717) is 29.7 Å². The number of aromatic nitrogens is 4. The molecule has 4 heterocycles. The Kier molecular flexibility index (Phi) is 5.57. The molecule has 2 N–H and O–H groups in total. The molecule has 0 spiro atoms. The normalized spacial score (nSPS) is 14.5. The van der Waals surface area contributed by atoms with Crippen molar-refractivity contribution in [1.82, 2.24) is 24.8 Å². The fourth-order valence-corrected chi connectivity index (χ4v) is 3.52. The van der Waals surface area contributed by atoms with Gasteiger partial charge < -0.3 is 24.7 Å². The van der Waals surface area contributed by atoms with Gasteiger partial charge in [0.05, 0.1) is 31.8 Å². The maximum Gasteiger partial charge on any atom is 0.179 e. The molecule has 0 atom stereocenters. The van der Waals surface area contributed by atoms with E-state index < -0.39 is 0 Å². The van der Waals surface area contributed by atoms with Crippen LogP contribution in [0.4, 0.5) is 11.6 Å². The largest absolute Gasteiger partial charge is 0.491 e. The number of nitrogens with one attached hydrogen (secondary N) is 2. The van der Waals surface area contributed by atoms with E-state index in [1.807, 2.05) is 19.1 Å². The number of hydrogen-bond acceptors (Lipinski definition) is 7. The number of hydrogen-bond donors (Lipinski definition) is 2. The van der Waals surface area contributed by atoms with Crippen molar-refractivity contribution in [3.63, 3.8) is 0 Å². The third kappa shape index (κ3) is 4.17. The average molecular weight is 382 g/mol. The van der Waals surface area contributed by atoms with Crippen molar-refractivity contribution >= 4 is 22.7 Å². The van der Waals surface area contributed by atoms with Gasteiger partial charge in [0, 0.05) is 18.3 Å². The van der Waals surface area contributed by atoms with Crippen molar-refractivity contribution in [3.05, 3.63) is 30.4 Å². The molecule has 0 aromatic carbocycles. The highest BCUT2D eigenvalue weighted by Gasteiger charge is 2.13. The van der Waals surface area contributed by atoms with Crippen LogP contribution in [0.5, 0.6) is 11.5 Å². The van der Waals surface area contributed by atoms with E-state index in [9.17, 15) is 0 Å². The molecule has 0 aliphatic carbocycles. The molecule has 3 aromatic heterocycles. The van der Waals surface area contributed by atoms with Crippen molar-refractivity contribution in [3.8, 4) is 11.5 Å². The van der Waals surface area contributed by atoms with Crippen LogP contribution in [0.15, 0.2) is 24.7 Å². The summed E-state index contributed by atoms with van der Waals surface area (Å²) >= 11 is 0. The number of rotatable bonds is 8. The Morgan fingerprint density at radius 2 is 2.04 bits per heavy atom. The van der Waals surface area contributed by atoms with Crippen LogP contribution in [-0.2, 0) is 0 Å². The number of nitrogens with zero attached hydrogens (tertiary/aromatic N) is 4. The van der Waals surface area contributed by atoms with Gasteiger partial charge in [0.15, 0.2) is 17.3 Å². The van der Waals surface area contributed by atoms with E-state index in [2.05, 4.69) is 30.2 Å². The predicted octanol–water partition coefficient (Wildman–Crippen LogP) is 3.28. The zero-order valence-electron chi connectivity index (χ0n) is 16.4. The number of pyridine rings is 2. The number of imidazole rings is 1. The highest BCUT2D eigenvalue weighted by Crippen LogP contribution is 2.30. The van der Waals surface area contributed by atoms with Gasteiger partial charge in [-0.05, 0) is 45.3 Å². The molecule has 4 rings (SSSR count). The van der Waals surface area contributed by atoms with Gasteiger partial charge in [-0.2, -0.15) is 0 Å². The molecule has 1 fully saturated rings. The molecular weight excluding hydrogens is 356 g/mol. The van der Waals surface area contributed by atoms with Gasteiger partial charge in [0.2, 0.25) is 0 Å². The fourth-order valence-electron chi connectivity index (χ4n) is 3.52. The number of fused-ring (bicyclic) bond motifs is 1. The summed E-state index contributed by atoms with van der Waals surface area (Å²) < 4.78 is 11.4. The summed E-state index contributed by atoms with van der Waals surface area (Å²) in [7, 11) is 1.62. The number of ether oxygens (including phenoxy) is 2. The standard InChI is InChI=1S/C20H26N6O2/c1-14-10-15-19(23-13-22-15)20(24-14)25-18-11-16(17(27-2)12-21-18)28-9-5-8-26-6-3-4-7-26/h10-13H,3-9H2,1-2H3,(H,22,23)(H,21,24,25). The van der Waals surface area contributed by atoms with Gasteiger partial charge in [-0.25, -0.2) is 15.0 Å². The maximum absolute atomic E-state index is 5.99. The summed E-state index contributed by atoms with van der Waals surface area (Å²) in [5.41, 5.74) is 2.60. The molecule has 1 saturated heterocycles. The van der Waals surface area contributed by atoms with Gasteiger partial charge in [-0.15, -0.1) is 0 Å². The second-order valence-corrected chi connectivity index (χ2v) is 7.01. The minimum absolute atomic E-state index is 0.619. The fraction of sp³-hybridized carbons (Fsp3) is 0.450. The molecule has 148 valence electrons. The number of aryl methyl sites for hydroxylation is 1. The molecule has 28 heavy (non-hydrogen) atoms. The van der Waals surface area contributed by atoms with Crippen LogP contribution < -0.4 is 14.8 Å². The predicted molar refractivity (Wildman–Crippen MR) is 108 cm³/mol. The molecule has 0 amide bonds. The third-order valence-corrected chi connectivity index (χ3v) is 4.91. The van der Waals surface area contributed by atoms with E-state index in [1.54, 1.807) is 19.6 Å². The second kappa shape index (κ2) is 8.43. The summed E-state index contributed by atoms with van der Waals surface area (Å²) in [5.74, 6) is 2.59. The van der Waals surface area contributed by atoms with Crippen LogP contribution in [-0.4, -0.2) is 58.2 Å². The van der Waals surface area contributed by atoms with Crippen molar-refractivity contribution in [2.75, 3.05) is 38.7 Å². The highest BCUT2D eigenvalue weighted by molar-refractivity contribution is 5.87. The van der Waals surface area contributed by atoms with Crippen molar-refractivity contribution in [2.24, 2.45) is 0 Å². The lowest BCUT2D eigenvalue weighted by molar-refractivity contribution is 0.254. The summed E-state index contributed by atoms with van der Waals surface area (Å²) in [6, 6.07) is 3.81. The summed E-state index contributed by atoms with van der Waals surface area (Å²) in [4.78, 5) is 18.9. The zero-order chi connectivity index (χ0) is 19.3. The monoisotopic (exact) mass is 382 g/mol. The summed E-state index contributed by atoms with van der Waals surface area (Å²) in [6.45, 7) is 6.07. The van der Waals surface area contributed by atoms with Gasteiger partial charge in [-0.1, -0.05) is 0 Å². The van der Waals surface area contributed by atoms with Crippen LogP contribution >= 0.6 is 0 Å². The van der Waals surface area contributed by atoms with Crippen LogP contribution in [0.2, 0.25) is 0 Å². The van der Waals surface area contributed by atoms with E-state index in [1.165, 1.54) is 25.9 Å². The number of H-pyrrole nitrogens is 1. The quantitative estimate of drug-likeness (QED) is 0.578. The van der Waals surface area contributed by atoms with Crippen molar-refractivity contribution in [1.29, 1.82) is 0 Å². The van der Waals surface area contributed by atoms with Gasteiger partial charge in [0.1, 0.15) is 11.3 Å². The third-order valence-electron chi connectivity index (χ3n) is 4.91. The Labute approximate surface area is 164 Å². The van der Waals surface area contributed by atoms with E-state index in [4.69, 9.17) is 9.47 Å². The first-order valence-corrected chi connectivity index (χ1v) is 9.70. The molecule has 0 radical (unpaired) electrons. The molecule has 1 aliphatic heterocycles. The minimum Gasteiger partial charge on any atom is -0.491 e. The van der Waals surface area contributed by atoms with Crippen LogP contribution in [0.25, 0.3) is 11.0 Å². The molecule has 0 bridgehead atoms. The van der Waals surface area contributed by atoms with Gasteiger partial charge >= 0.3 is 0 Å². The Morgan fingerprint density at radius 3 is 2.86 bits per heavy atom. The molecule has 0 unspecified atom stereocenters. The summed E-state index contributed by atoms with van der Waals surface area (Å²) in [5, 5.41) is 3.25. The number of aromatic amines is 1. The second-order valence-electron chi connectivity index (χ2n) is 7.01. The lowest BCUT2D eigenvalue weighted by atomic mass is 10.3. The number of methoxy groups -OCH3 is 1. The number of likely N-dealkylation sites (tertiary alicyclic amines) is 1. The Balaban J connectivity index is 1.45. The first-order chi connectivity index (χ1) is 13.7. The molecule has 1 aliphatic rings. The van der Waals surface area contributed by atoms with Gasteiger partial charge in [0.25, 0.3) is 0 Å². The van der Waals surface area contributed by atoms with Crippen LogP contribution in [0, 0.1) is 6.92 Å². The Bertz CT molecular complexity index is 936. The molecule has 8 nitrogen and oxygen atoms in total. The lowest BCUT2D eigenvalue weighted by Gasteiger charge is -2.16. The van der Waals surface area contributed by atoms with E-state index in [-0.39, 0.29) is 0 Å². The maximum atomic E-state index is 5.99. The lowest BCUT2D eigenvalue weighted by Crippen LogP contribution is -2.22. The first-order valence-electron chi connectivity index (χ1n) is 9.70. The van der Waals surface area contributed by atoms with Crippen LogP contribution in [0.3, 0.4) is 0 Å². The van der Waals surface area contributed by atoms with Crippen molar-refractivity contribution in [2.45, 2.75) is 26.2 Å². The van der Waals surface area contributed by atoms with E-state index in [0.717, 1.165) is 29.7 Å². The average Bonchev–Trinajstić information content (AvgIpc) is 3.37. The molecule has 3 aromatic rings. The SMILES string of the molecule is COc1cnc(Nc2nc(C)cc3[nH]cnc23)cc1OCCCN1CCCC1. The van der Waals surface area contributed by atoms with Crippen molar-refractivity contribution < 1.29 is 9.47 Å². The molecule has 0 saturated carbocycles. The smallest absolute Gasteiger partial charge is 0.179 e. The number of anilines is 2. The topological polar surface area (TPSA) is 88.2 Å². The molecular formula is C20H26N6O2. The Morgan fingerprint density at radius 1 is 1.18 bits per heavy atom. The first kappa shape index (κ1) is 18.5. The minimum atomic E-state index is 0.619.